The Morgan fingerprint density at radius 3 is 2.65 bits per heavy atom. The third-order valence-corrected chi connectivity index (χ3v) is 5.23. The van der Waals surface area contributed by atoms with E-state index in [1.165, 1.54) is 21.8 Å². The molecule has 4 heteroatoms. The van der Waals surface area contributed by atoms with Gasteiger partial charge in [-0.15, -0.1) is 11.3 Å². The second kappa shape index (κ2) is 5.38. The summed E-state index contributed by atoms with van der Waals surface area (Å²) in [6.45, 7) is 3.68. The van der Waals surface area contributed by atoms with E-state index < -0.39 is 0 Å². The molecule has 100 valence electrons. The van der Waals surface area contributed by atoms with Crippen LogP contribution in [0.2, 0.25) is 0 Å². The summed E-state index contributed by atoms with van der Waals surface area (Å²) >= 11 is 3.19. The standard InChI is InChI=1S/C16H13NOS2/c1-10-3-5-12(6-4-10)19-15-8-17-9-16-13(15)7-14(20-16)11(2)18/h3-9H,1-2H3. The minimum atomic E-state index is 0.109. The third kappa shape index (κ3) is 2.62. The summed E-state index contributed by atoms with van der Waals surface area (Å²) in [7, 11) is 0. The maximum Gasteiger partial charge on any atom is 0.169 e. The van der Waals surface area contributed by atoms with Gasteiger partial charge in [0.25, 0.3) is 0 Å². The zero-order valence-electron chi connectivity index (χ0n) is 11.2. The summed E-state index contributed by atoms with van der Waals surface area (Å²) < 4.78 is 1.06. The van der Waals surface area contributed by atoms with Crippen LogP contribution in [-0.2, 0) is 0 Å². The highest BCUT2D eigenvalue weighted by Crippen LogP contribution is 2.36. The molecule has 0 unspecified atom stereocenters. The van der Waals surface area contributed by atoms with Gasteiger partial charge in [0, 0.05) is 27.6 Å². The maximum atomic E-state index is 11.5. The molecule has 3 aromatic rings. The number of carbonyl (C=O) groups is 1. The van der Waals surface area contributed by atoms with Crippen LogP contribution in [0.5, 0.6) is 0 Å². The maximum absolute atomic E-state index is 11.5. The number of rotatable bonds is 3. The summed E-state index contributed by atoms with van der Waals surface area (Å²) in [6, 6.07) is 10.4. The molecule has 0 saturated heterocycles. The predicted octanol–water partition coefficient (Wildman–Crippen LogP) is 4.96. The number of aryl methyl sites for hydroxylation is 1. The van der Waals surface area contributed by atoms with Crippen LogP contribution in [0.3, 0.4) is 0 Å². The van der Waals surface area contributed by atoms with Crippen LogP contribution in [0.1, 0.15) is 22.2 Å². The van der Waals surface area contributed by atoms with Crippen molar-refractivity contribution in [3.8, 4) is 0 Å². The topological polar surface area (TPSA) is 30.0 Å². The van der Waals surface area contributed by atoms with Crippen molar-refractivity contribution in [2.45, 2.75) is 23.6 Å². The highest BCUT2D eigenvalue weighted by atomic mass is 32.2. The molecule has 0 aliphatic heterocycles. The van der Waals surface area contributed by atoms with E-state index >= 15 is 0 Å². The Hall–Kier alpha value is -1.65. The molecule has 20 heavy (non-hydrogen) atoms. The summed E-state index contributed by atoms with van der Waals surface area (Å²) in [4.78, 5) is 18.8. The molecule has 0 N–H and O–H groups in total. The van der Waals surface area contributed by atoms with Crippen LogP contribution in [0.15, 0.2) is 52.5 Å². The van der Waals surface area contributed by atoms with Crippen LogP contribution < -0.4 is 0 Å². The molecular weight excluding hydrogens is 286 g/mol. The first-order valence-corrected chi connectivity index (χ1v) is 7.90. The summed E-state index contributed by atoms with van der Waals surface area (Å²) in [5.74, 6) is 0.109. The highest BCUT2D eigenvalue weighted by molar-refractivity contribution is 7.99. The van der Waals surface area contributed by atoms with Crippen LogP contribution in [0, 0.1) is 6.92 Å². The zero-order valence-corrected chi connectivity index (χ0v) is 12.8. The van der Waals surface area contributed by atoms with E-state index in [1.54, 1.807) is 18.7 Å². The van der Waals surface area contributed by atoms with Crippen molar-refractivity contribution >= 4 is 39.0 Å². The Labute approximate surface area is 125 Å². The number of fused-ring (bicyclic) bond motifs is 1. The molecule has 0 amide bonds. The van der Waals surface area contributed by atoms with Gasteiger partial charge in [-0.2, -0.15) is 0 Å². The minimum absolute atomic E-state index is 0.109. The zero-order chi connectivity index (χ0) is 14.1. The molecule has 0 spiro atoms. The van der Waals surface area contributed by atoms with Crippen molar-refractivity contribution < 1.29 is 4.79 Å². The van der Waals surface area contributed by atoms with Gasteiger partial charge in [0.2, 0.25) is 0 Å². The quantitative estimate of drug-likeness (QED) is 0.640. The molecule has 2 heterocycles. The number of pyridine rings is 1. The number of thiophene rings is 1. The number of hydrogen-bond donors (Lipinski definition) is 0. The molecule has 2 aromatic heterocycles. The lowest BCUT2D eigenvalue weighted by Gasteiger charge is -2.03. The molecule has 3 rings (SSSR count). The monoisotopic (exact) mass is 299 g/mol. The van der Waals surface area contributed by atoms with Gasteiger partial charge in [-0.25, -0.2) is 0 Å². The highest BCUT2D eigenvalue weighted by Gasteiger charge is 2.10. The molecule has 0 saturated carbocycles. The fourth-order valence-corrected chi connectivity index (χ4v) is 3.86. The summed E-state index contributed by atoms with van der Waals surface area (Å²) in [5, 5.41) is 1.11. The fourth-order valence-electron chi connectivity index (χ4n) is 1.92. The first-order valence-electron chi connectivity index (χ1n) is 6.26. The molecule has 0 fully saturated rings. The van der Waals surface area contributed by atoms with Gasteiger partial charge in [0.05, 0.1) is 9.58 Å². The van der Waals surface area contributed by atoms with Crippen molar-refractivity contribution in [2.75, 3.05) is 0 Å². The van der Waals surface area contributed by atoms with Crippen molar-refractivity contribution in [3.05, 3.63) is 53.2 Å². The fraction of sp³-hybridized carbons (Fsp3) is 0.125. The first-order chi connectivity index (χ1) is 9.63. The number of hydrogen-bond acceptors (Lipinski definition) is 4. The van der Waals surface area contributed by atoms with Gasteiger partial charge >= 0.3 is 0 Å². The lowest BCUT2D eigenvalue weighted by Crippen LogP contribution is -1.83. The average Bonchev–Trinajstić information content (AvgIpc) is 2.87. The van der Waals surface area contributed by atoms with E-state index in [2.05, 4.69) is 36.2 Å². The lowest BCUT2D eigenvalue weighted by atomic mass is 10.2. The Kier molecular flexibility index (Phi) is 3.59. The van der Waals surface area contributed by atoms with Crippen LogP contribution in [-0.4, -0.2) is 10.8 Å². The Balaban J connectivity index is 2.02. The van der Waals surface area contributed by atoms with E-state index in [-0.39, 0.29) is 5.78 Å². The number of aromatic nitrogens is 1. The van der Waals surface area contributed by atoms with Crippen LogP contribution >= 0.6 is 23.1 Å². The van der Waals surface area contributed by atoms with Gasteiger partial charge in [-0.3, -0.25) is 9.78 Å². The van der Waals surface area contributed by atoms with Crippen LogP contribution in [0.25, 0.3) is 10.1 Å². The molecule has 0 bridgehead atoms. The molecule has 2 nitrogen and oxygen atoms in total. The van der Waals surface area contributed by atoms with Gasteiger partial charge in [-0.1, -0.05) is 29.5 Å². The Bertz CT molecular complexity index is 775. The summed E-state index contributed by atoms with van der Waals surface area (Å²) in [5.41, 5.74) is 1.25. The van der Waals surface area contributed by atoms with E-state index in [4.69, 9.17) is 0 Å². The van der Waals surface area contributed by atoms with Crippen molar-refractivity contribution in [1.82, 2.24) is 4.98 Å². The lowest BCUT2D eigenvalue weighted by molar-refractivity contribution is 0.102. The Morgan fingerprint density at radius 2 is 1.95 bits per heavy atom. The number of ketones is 1. The van der Waals surface area contributed by atoms with Crippen LogP contribution in [0.4, 0.5) is 0 Å². The van der Waals surface area contributed by atoms with Gasteiger partial charge in [0.15, 0.2) is 5.78 Å². The van der Waals surface area contributed by atoms with E-state index in [0.29, 0.717) is 0 Å². The second-order valence-corrected chi connectivity index (χ2v) is 6.83. The van der Waals surface area contributed by atoms with Crippen molar-refractivity contribution in [3.63, 3.8) is 0 Å². The molecule has 1 aromatic carbocycles. The smallest absolute Gasteiger partial charge is 0.169 e. The average molecular weight is 299 g/mol. The van der Waals surface area contributed by atoms with E-state index in [0.717, 1.165) is 19.9 Å². The second-order valence-electron chi connectivity index (χ2n) is 4.63. The van der Waals surface area contributed by atoms with Gasteiger partial charge in [0.1, 0.15) is 0 Å². The minimum Gasteiger partial charge on any atom is -0.294 e. The van der Waals surface area contributed by atoms with Crippen molar-refractivity contribution in [1.29, 1.82) is 0 Å². The SMILES string of the molecule is CC(=O)c1cc2c(Sc3ccc(C)cc3)cncc2s1. The molecule has 0 aliphatic carbocycles. The number of Topliss-reactive ketones (excluding diaryl/α,β-unsaturated/α-hetero) is 1. The third-order valence-electron chi connectivity index (χ3n) is 3.01. The number of nitrogens with zero attached hydrogens (tertiary/aromatic N) is 1. The Morgan fingerprint density at radius 1 is 1.20 bits per heavy atom. The largest absolute Gasteiger partial charge is 0.294 e. The molecule has 0 aliphatic rings. The number of benzene rings is 1. The molecule has 0 radical (unpaired) electrons. The molecular formula is C16H13NOS2. The summed E-state index contributed by atoms with van der Waals surface area (Å²) in [6.07, 6.45) is 3.69. The normalized spacial score (nSPS) is 10.9. The predicted molar refractivity (Wildman–Crippen MR) is 84.9 cm³/mol. The van der Waals surface area contributed by atoms with E-state index in [9.17, 15) is 4.79 Å². The molecule has 0 atom stereocenters. The number of carbonyl (C=O) groups excluding carboxylic acids is 1. The first kappa shape index (κ1) is 13.3. The van der Waals surface area contributed by atoms with E-state index in [1.807, 2.05) is 18.5 Å². The van der Waals surface area contributed by atoms with Gasteiger partial charge in [-0.05, 0) is 32.0 Å². The van der Waals surface area contributed by atoms with Crippen molar-refractivity contribution in [2.24, 2.45) is 0 Å². The van der Waals surface area contributed by atoms with Gasteiger partial charge < -0.3 is 0 Å².